The third-order valence-corrected chi connectivity index (χ3v) is 11.0. The average Bonchev–Trinajstić information content (AvgIpc) is 3.66. The van der Waals surface area contributed by atoms with E-state index in [-0.39, 0.29) is 12.0 Å². The molecular weight excluding hydrogens is 657 g/mol. The third kappa shape index (κ3) is 5.91. The van der Waals surface area contributed by atoms with E-state index in [0.29, 0.717) is 0 Å². The Morgan fingerprint density at radius 3 is 1.72 bits per heavy atom. The van der Waals surface area contributed by atoms with Crippen molar-refractivity contribution in [2.75, 3.05) is 4.90 Å². The first kappa shape index (κ1) is 34.9. The van der Waals surface area contributed by atoms with E-state index in [1.165, 1.54) is 55.5 Å². The van der Waals surface area contributed by atoms with Gasteiger partial charge in [-0.15, -0.1) is 0 Å². The number of anilines is 3. The number of fused-ring (bicyclic) bond motifs is 4. The van der Waals surface area contributed by atoms with Crippen LogP contribution in [0.1, 0.15) is 44.4 Å². The lowest BCUT2D eigenvalue weighted by molar-refractivity contribution is 0.282. The first-order chi connectivity index (χ1) is 26.4. The van der Waals surface area contributed by atoms with Gasteiger partial charge < -0.3 is 14.6 Å². The standard InChI is InChI=1S/C49H40N2O.C2H6/c1-49(2)44-15-9-7-13-41(44)42-30-29-40(31-45(42)49)51(38-25-21-35(22-26-38)34-19-17-33(32-52)18-20-34)39-27-23-36(24-28-39)47-43-14-8-10-16-46(43)50(3)48(47)37-11-5-4-6-12-37;1-2/h4-31,52H,32H2,1-3H3;1-2H3. The summed E-state index contributed by atoms with van der Waals surface area (Å²) in [6.45, 7) is 8.72. The van der Waals surface area contributed by atoms with Gasteiger partial charge in [-0.1, -0.05) is 155 Å². The molecule has 1 aromatic heterocycles. The number of aliphatic hydroxyl groups excluding tert-OH is 1. The van der Waals surface area contributed by atoms with Crippen LogP contribution >= 0.6 is 0 Å². The van der Waals surface area contributed by atoms with Gasteiger partial charge in [0.1, 0.15) is 0 Å². The molecule has 9 rings (SSSR count). The van der Waals surface area contributed by atoms with Crippen LogP contribution < -0.4 is 4.90 Å². The van der Waals surface area contributed by atoms with Gasteiger partial charge in [0.05, 0.1) is 12.3 Å². The molecule has 7 aromatic carbocycles. The smallest absolute Gasteiger partial charge is 0.0681 e. The van der Waals surface area contributed by atoms with Crippen molar-refractivity contribution in [1.82, 2.24) is 4.57 Å². The summed E-state index contributed by atoms with van der Waals surface area (Å²) in [6.07, 6.45) is 0. The second kappa shape index (κ2) is 14.3. The Morgan fingerprint density at radius 1 is 0.519 bits per heavy atom. The van der Waals surface area contributed by atoms with Crippen LogP contribution in [0.4, 0.5) is 17.1 Å². The molecule has 1 N–H and O–H groups in total. The van der Waals surface area contributed by atoms with E-state index in [0.717, 1.165) is 33.8 Å². The summed E-state index contributed by atoms with van der Waals surface area (Å²) in [4.78, 5) is 2.38. The van der Waals surface area contributed by atoms with E-state index >= 15 is 0 Å². The van der Waals surface area contributed by atoms with E-state index in [9.17, 15) is 5.11 Å². The first-order valence-electron chi connectivity index (χ1n) is 19.0. The molecule has 0 fully saturated rings. The highest BCUT2D eigenvalue weighted by molar-refractivity contribution is 6.04. The molecule has 0 bridgehead atoms. The molecule has 0 saturated heterocycles. The van der Waals surface area contributed by atoms with E-state index in [1.807, 2.05) is 26.0 Å². The van der Waals surface area contributed by atoms with E-state index in [1.54, 1.807) is 0 Å². The molecule has 0 radical (unpaired) electrons. The van der Waals surface area contributed by atoms with Crippen molar-refractivity contribution in [2.24, 2.45) is 7.05 Å². The average molecular weight is 703 g/mol. The van der Waals surface area contributed by atoms with Crippen molar-refractivity contribution in [3.63, 3.8) is 0 Å². The van der Waals surface area contributed by atoms with Crippen LogP contribution in [0, 0.1) is 0 Å². The molecule has 54 heavy (non-hydrogen) atoms. The number of hydrogen-bond acceptors (Lipinski definition) is 2. The van der Waals surface area contributed by atoms with E-state index < -0.39 is 0 Å². The quantitative estimate of drug-likeness (QED) is 0.179. The summed E-state index contributed by atoms with van der Waals surface area (Å²) in [5.74, 6) is 0. The minimum Gasteiger partial charge on any atom is -0.392 e. The number of hydrogen-bond donors (Lipinski definition) is 1. The van der Waals surface area contributed by atoms with Crippen molar-refractivity contribution < 1.29 is 5.11 Å². The number of rotatable bonds is 7. The van der Waals surface area contributed by atoms with Gasteiger partial charge in [-0.3, -0.25) is 0 Å². The first-order valence-corrected chi connectivity index (χ1v) is 19.0. The fourth-order valence-electron chi connectivity index (χ4n) is 8.28. The van der Waals surface area contributed by atoms with Crippen molar-refractivity contribution in [1.29, 1.82) is 0 Å². The Bertz CT molecular complexity index is 2560. The van der Waals surface area contributed by atoms with Crippen LogP contribution in [0.5, 0.6) is 0 Å². The van der Waals surface area contributed by atoms with Gasteiger partial charge in [0.2, 0.25) is 0 Å². The van der Waals surface area contributed by atoms with Gasteiger partial charge in [0.25, 0.3) is 0 Å². The zero-order valence-corrected chi connectivity index (χ0v) is 31.7. The van der Waals surface area contributed by atoms with Crippen molar-refractivity contribution in [3.8, 4) is 44.6 Å². The Balaban J connectivity index is 0.00000203. The second-order valence-corrected chi connectivity index (χ2v) is 14.4. The Labute approximate surface area is 319 Å². The lowest BCUT2D eigenvalue weighted by atomic mass is 9.82. The zero-order chi connectivity index (χ0) is 37.4. The Hall–Kier alpha value is -6.16. The van der Waals surface area contributed by atoms with Gasteiger partial charge in [0.15, 0.2) is 0 Å². The lowest BCUT2D eigenvalue weighted by Gasteiger charge is -2.28. The van der Waals surface area contributed by atoms with Crippen molar-refractivity contribution in [2.45, 2.75) is 39.7 Å². The molecule has 3 heteroatoms. The van der Waals surface area contributed by atoms with Gasteiger partial charge in [0, 0.05) is 46.0 Å². The van der Waals surface area contributed by atoms with Gasteiger partial charge in [-0.25, -0.2) is 0 Å². The normalized spacial score (nSPS) is 12.5. The molecule has 1 aliphatic rings. The third-order valence-electron chi connectivity index (χ3n) is 11.0. The van der Waals surface area contributed by atoms with Crippen LogP contribution in [-0.4, -0.2) is 9.67 Å². The highest BCUT2D eigenvalue weighted by atomic mass is 16.3. The number of nitrogens with zero attached hydrogens (tertiary/aromatic N) is 2. The summed E-state index contributed by atoms with van der Waals surface area (Å²) < 4.78 is 2.32. The molecule has 8 aromatic rings. The molecule has 1 aliphatic carbocycles. The van der Waals surface area contributed by atoms with Crippen LogP contribution in [0.2, 0.25) is 0 Å². The molecule has 0 unspecified atom stereocenters. The minimum atomic E-state index is -0.107. The van der Waals surface area contributed by atoms with Crippen LogP contribution in [0.15, 0.2) is 170 Å². The summed E-state index contributed by atoms with van der Waals surface area (Å²) in [7, 11) is 2.17. The summed E-state index contributed by atoms with van der Waals surface area (Å²) in [5, 5.41) is 10.8. The monoisotopic (exact) mass is 702 g/mol. The van der Waals surface area contributed by atoms with Gasteiger partial charge in [-0.05, 0) is 92.5 Å². The molecular formula is C51H46N2O. The summed E-state index contributed by atoms with van der Waals surface area (Å²) >= 11 is 0. The highest BCUT2D eigenvalue weighted by Crippen LogP contribution is 2.51. The predicted octanol–water partition coefficient (Wildman–Crippen LogP) is 13.5. The summed E-state index contributed by atoms with van der Waals surface area (Å²) in [5.41, 5.74) is 17.8. The maximum absolute atomic E-state index is 9.54. The molecule has 0 atom stereocenters. The van der Waals surface area contributed by atoms with Crippen LogP contribution in [0.25, 0.3) is 55.5 Å². The van der Waals surface area contributed by atoms with Crippen LogP contribution in [0.3, 0.4) is 0 Å². The maximum atomic E-state index is 9.54. The highest BCUT2D eigenvalue weighted by Gasteiger charge is 2.35. The molecule has 1 heterocycles. The fourth-order valence-corrected chi connectivity index (χ4v) is 8.28. The number of aromatic nitrogens is 1. The van der Waals surface area contributed by atoms with Crippen LogP contribution in [-0.2, 0) is 19.1 Å². The summed E-state index contributed by atoms with van der Waals surface area (Å²) in [6, 6.07) is 61.2. The maximum Gasteiger partial charge on any atom is 0.0681 e. The second-order valence-electron chi connectivity index (χ2n) is 14.4. The molecule has 266 valence electrons. The number of benzene rings is 7. The van der Waals surface area contributed by atoms with Crippen molar-refractivity contribution >= 4 is 28.0 Å². The molecule has 0 aliphatic heterocycles. The fraction of sp³-hybridized carbons (Fsp3) is 0.137. The number of aryl methyl sites for hydroxylation is 1. The molecule has 0 amide bonds. The SMILES string of the molecule is CC.Cn1c(-c2ccccc2)c(-c2ccc(N(c3ccc(-c4ccc(CO)cc4)cc3)c3ccc4c(c3)C(C)(C)c3ccccc3-4)cc2)c2ccccc21. The molecule has 0 spiro atoms. The van der Waals surface area contributed by atoms with Crippen molar-refractivity contribution in [3.05, 3.63) is 187 Å². The Kier molecular flexibility index (Phi) is 9.27. The number of para-hydroxylation sites is 1. The zero-order valence-electron chi connectivity index (χ0n) is 31.7. The predicted molar refractivity (Wildman–Crippen MR) is 229 cm³/mol. The van der Waals surface area contributed by atoms with E-state index in [2.05, 4.69) is 188 Å². The minimum absolute atomic E-state index is 0.0453. The molecule has 0 saturated carbocycles. The largest absolute Gasteiger partial charge is 0.392 e. The Morgan fingerprint density at radius 2 is 1.06 bits per heavy atom. The van der Waals surface area contributed by atoms with E-state index in [4.69, 9.17) is 0 Å². The lowest BCUT2D eigenvalue weighted by Crippen LogP contribution is -2.16. The number of aliphatic hydroxyl groups is 1. The topological polar surface area (TPSA) is 28.4 Å². The van der Waals surface area contributed by atoms with Gasteiger partial charge in [-0.2, -0.15) is 0 Å². The molecule has 3 nitrogen and oxygen atoms in total. The van der Waals surface area contributed by atoms with Gasteiger partial charge >= 0.3 is 0 Å².